The van der Waals surface area contributed by atoms with E-state index in [4.69, 9.17) is 13.9 Å². The van der Waals surface area contributed by atoms with Gasteiger partial charge in [-0.1, -0.05) is 20.8 Å². The molecular weight excluding hydrogens is 452 g/mol. The molecule has 0 bridgehead atoms. The summed E-state index contributed by atoms with van der Waals surface area (Å²) in [5.74, 6) is -0.211. The van der Waals surface area contributed by atoms with Gasteiger partial charge in [0.25, 0.3) is 0 Å². The average molecular weight is 499 g/mol. The van der Waals surface area contributed by atoms with Crippen LogP contribution in [0.25, 0.3) is 0 Å². The van der Waals surface area contributed by atoms with Crippen LogP contribution in [0.5, 0.6) is 0 Å². The molecule has 34 heavy (non-hydrogen) atoms. The molecule has 2 heterocycles. The third-order valence-corrected chi connectivity index (χ3v) is 10.8. The van der Waals surface area contributed by atoms with Crippen molar-refractivity contribution in [3.63, 3.8) is 0 Å². The van der Waals surface area contributed by atoms with Gasteiger partial charge >= 0.3 is 12.2 Å². The summed E-state index contributed by atoms with van der Waals surface area (Å²) in [6, 6.07) is 0.850. The van der Waals surface area contributed by atoms with Crippen LogP contribution in [0, 0.1) is 5.41 Å². The van der Waals surface area contributed by atoms with E-state index in [9.17, 15) is 14.4 Å². The molecule has 0 aromatic heterocycles. The highest BCUT2D eigenvalue weighted by Crippen LogP contribution is 2.43. The molecule has 0 saturated carbocycles. The quantitative estimate of drug-likeness (QED) is 0.448. The van der Waals surface area contributed by atoms with E-state index in [0.29, 0.717) is 19.5 Å². The predicted molar refractivity (Wildman–Crippen MR) is 134 cm³/mol. The number of likely N-dealkylation sites (tertiary alicyclic amines) is 2. The molecule has 2 rings (SSSR count). The highest BCUT2D eigenvalue weighted by Gasteiger charge is 2.49. The molecule has 0 aromatic rings. The molecule has 196 valence electrons. The van der Waals surface area contributed by atoms with Gasteiger partial charge in [-0.25, -0.2) is 14.5 Å². The van der Waals surface area contributed by atoms with E-state index in [1.54, 1.807) is 25.7 Å². The number of rotatable bonds is 4. The summed E-state index contributed by atoms with van der Waals surface area (Å²) in [5, 5.41) is 0. The Hall–Kier alpha value is -1.61. The fourth-order valence-corrected chi connectivity index (χ4v) is 9.78. The number of imide groups is 1. The second-order valence-electron chi connectivity index (χ2n) is 13.2. The van der Waals surface area contributed by atoms with Gasteiger partial charge < -0.3 is 13.9 Å². The maximum atomic E-state index is 13.0. The summed E-state index contributed by atoms with van der Waals surface area (Å²) in [4.78, 5) is 41.3. The molecule has 0 radical (unpaired) electrons. The summed E-state index contributed by atoms with van der Waals surface area (Å²) >= 11 is 0. The first kappa shape index (κ1) is 28.6. The van der Waals surface area contributed by atoms with E-state index in [0.717, 1.165) is 18.9 Å². The zero-order valence-electron chi connectivity index (χ0n) is 22.9. The van der Waals surface area contributed by atoms with Gasteiger partial charge in [0.15, 0.2) is 8.32 Å². The molecule has 2 aliphatic heterocycles. The van der Waals surface area contributed by atoms with Crippen LogP contribution < -0.4 is 0 Å². The van der Waals surface area contributed by atoms with Crippen molar-refractivity contribution < 1.29 is 28.3 Å². The number of hydrogen-bond donors (Lipinski definition) is 0. The minimum absolute atomic E-state index is 0.00166. The molecule has 3 unspecified atom stereocenters. The molecule has 3 atom stereocenters. The van der Waals surface area contributed by atoms with Crippen molar-refractivity contribution >= 4 is 26.4 Å². The maximum Gasteiger partial charge on any atom is 0.417 e. The highest BCUT2D eigenvalue weighted by atomic mass is 28.4. The minimum Gasteiger partial charge on any atom is -0.444 e. The van der Waals surface area contributed by atoms with Crippen molar-refractivity contribution in [3.05, 3.63) is 0 Å². The topological polar surface area (TPSA) is 85.4 Å². The SMILES string of the molecule is CC(C)(C)C[Si](C)(OC1CCCN1C(=O)OC(C)(C)C)C1CCN(C(=O)OC(C)(C)C)C(=O)C1. The molecule has 0 spiro atoms. The lowest BCUT2D eigenvalue weighted by Crippen LogP contribution is -2.54. The van der Waals surface area contributed by atoms with Gasteiger partial charge in [0.2, 0.25) is 5.91 Å². The summed E-state index contributed by atoms with van der Waals surface area (Å²) in [6.45, 7) is 20.6. The zero-order valence-corrected chi connectivity index (χ0v) is 23.9. The molecule has 0 N–H and O–H groups in total. The Kier molecular flexibility index (Phi) is 8.56. The minimum atomic E-state index is -2.50. The fraction of sp³-hybridized carbons (Fsp3) is 0.880. The average Bonchev–Trinajstić information content (AvgIpc) is 3.04. The van der Waals surface area contributed by atoms with Crippen LogP contribution in [0.2, 0.25) is 18.1 Å². The number of carbonyl (C=O) groups is 3. The van der Waals surface area contributed by atoms with Crippen molar-refractivity contribution in [2.75, 3.05) is 13.1 Å². The first-order chi connectivity index (χ1) is 15.3. The Bertz CT molecular complexity index is 767. The molecular formula is C25H46N2O6Si. The zero-order chi connectivity index (χ0) is 26.1. The normalized spacial score (nSPS) is 24.1. The van der Waals surface area contributed by atoms with Gasteiger partial charge in [0.05, 0.1) is 0 Å². The Morgan fingerprint density at radius 2 is 1.47 bits per heavy atom. The van der Waals surface area contributed by atoms with Crippen molar-refractivity contribution in [1.82, 2.24) is 9.80 Å². The lowest BCUT2D eigenvalue weighted by molar-refractivity contribution is -0.132. The monoisotopic (exact) mass is 498 g/mol. The number of hydrogen-bond acceptors (Lipinski definition) is 6. The second-order valence-corrected chi connectivity index (χ2v) is 17.2. The van der Waals surface area contributed by atoms with Crippen molar-refractivity contribution in [3.8, 4) is 0 Å². The van der Waals surface area contributed by atoms with Gasteiger partial charge in [0.1, 0.15) is 17.4 Å². The molecule has 2 aliphatic rings. The van der Waals surface area contributed by atoms with Crippen LogP contribution in [0.1, 0.15) is 88.0 Å². The van der Waals surface area contributed by atoms with Crippen molar-refractivity contribution in [1.29, 1.82) is 0 Å². The first-order valence-corrected chi connectivity index (χ1v) is 15.2. The van der Waals surface area contributed by atoms with Crippen LogP contribution in [0.4, 0.5) is 9.59 Å². The Morgan fingerprint density at radius 1 is 0.912 bits per heavy atom. The molecule has 0 aliphatic carbocycles. The molecule has 3 amide bonds. The van der Waals surface area contributed by atoms with Crippen LogP contribution in [-0.2, 0) is 18.7 Å². The van der Waals surface area contributed by atoms with Gasteiger partial charge in [0, 0.05) is 19.5 Å². The largest absolute Gasteiger partial charge is 0.444 e. The second kappa shape index (κ2) is 10.2. The molecule has 2 saturated heterocycles. The van der Waals surface area contributed by atoms with E-state index in [-0.39, 0.29) is 35.6 Å². The smallest absolute Gasteiger partial charge is 0.417 e. The third kappa shape index (κ3) is 8.25. The lowest BCUT2D eigenvalue weighted by Gasteiger charge is -2.45. The van der Waals surface area contributed by atoms with Gasteiger partial charge in [-0.3, -0.25) is 9.69 Å². The third-order valence-electron chi connectivity index (χ3n) is 6.01. The number of nitrogens with zero attached hydrogens (tertiary/aromatic N) is 2. The fourth-order valence-electron chi connectivity index (χ4n) is 4.90. The highest BCUT2D eigenvalue weighted by molar-refractivity contribution is 6.74. The molecule has 9 heteroatoms. The van der Waals surface area contributed by atoms with Gasteiger partial charge in [-0.15, -0.1) is 0 Å². The summed E-state index contributed by atoms with van der Waals surface area (Å²) in [5.41, 5.74) is -1.17. The lowest BCUT2D eigenvalue weighted by atomic mass is 10.0. The standard InChI is InChI=1S/C25H46N2O6Si/c1-23(2,3)17-34(10,33-20-12-11-14-27(20)22(30)32-25(7,8)9)18-13-15-26(19(28)16-18)21(29)31-24(4,5)6/h18,20H,11-17H2,1-10H3. The Balaban J connectivity index is 2.19. The van der Waals surface area contributed by atoms with Crippen molar-refractivity contribution in [2.45, 2.75) is 124 Å². The van der Waals surface area contributed by atoms with E-state index >= 15 is 0 Å². The first-order valence-electron chi connectivity index (χ1n) is 12.5. The number of amides is 3. The Labute approximate surface area is 206 Å². The van der Waals surface area contributed by atoms with E-state index in [1.807, 2.05) is 20.8 Å². The number of piperidine rings is 1. The van der Waals surface area contributed by atoms with Gasteiger partial charge in [-0.05, 0) is 84.4 Å². The van der Waals surface area contributed by atoms with E-state index in [1.165, 1.54) is 4.90 Å². The number of carbonyl (C=O) groups excluding carboxylic acids is 3. The van der Waals surface area contributed by atoms with Crippen LogP contribution in [0.3, 0.4) is 0 Å². The van der Waals surface area contributed by atoms with Crippen LogP contribution in [-0.4, -0.2) is 66.7 Å². The molecule has 8 nitrogen and oxygen atoms in total. The predicted octanol–water partition coefficient (Wildman–Crippen LogP) is 5.91. The Morgan fingerprint density at radius 3 is 1.97 bits per heavy atom. The van der Waals surface area contributed by atoms with Gasteiger partial charge in [-0.2, -0.15) is 0 Å². The summed E-state index contributed by atoms with van der Waals surface area (Å²) in [6.07, 6.45) is 1.30. The number of ether oxygens (including phenoxy) is 2. The summed E-state index contributed by atoms with van der Waals surface area (Å²) < 4.78 is 17.9. The molecule has 2 fully saturated rings. The van der Waals surface area contributed by atoms with E-state index < -0.39 is 25.6 Å². The van der Waals surface area contributed by atoms with Crippen LogP contribution in [0.15, 0.2) is 0 Å². The van der Waals surface area contributed by atoms with Crippen LogP contribution >= 0.6 is 0 Å². The molecule has 0 aromatic carbocycles. The van der Waals surface area contributed by atoms with E-state index in [2.05, 4.69) is 27.3 Å². The summed E-state index contributed by atoms with van der Waals surface area (Å²) in [7, 11) is -2.50. The van der Waals surface area contributed by atoms with Crippen molar-refractivity contribution in [2.24, 2.45) is 5.41 Å². The maximum absolute atomic E-state index is 13.0.